The molecule has 0 rings (SSSR count). The Bertz CT molecular complexity index is 166. The van der Waals surface area contributed by atoms with Crippen LogP contribution in [0.25, 0.3) is 0 Å². The van der Waals surface area contributed by atoms with Crippen molar-refractivity contribution in [3.8, 4) is 0 Å². The van der Waals surface area contributed by atoms with E-state index in [2.05, 4.69) is 11.9 Å². The third-order valence-corrected chi connectivity index (χ3v) is 1.96. The smallest absolute Gasteiger partial charge is 0.355 e. The molecule has 0 heterocycles. The lowest BCUT2D eigenvalue weighted by Gasteiger charge is -2.11. The van der Waals surface area contributed by atoms with Crippen molar-refractivity contribution in [2.75, 3.05) is 13.1 Å². The Hall–Kier alpha value is -0.190. The van der Waals surface area contributed by atoms with Gasteiger partial charge in [0.05, 0.1) is 0 Å². The average molecular weight is 181 g/mol. The number of nitrogens with one attached hydrogen (secondary N) is 1. The molecule has 1 atom stereocenters. The molecular formula is C5H12NO4P. The molecular weight excluding hydrogens is 169 g/mol. The fraction of sp³-hybridized carbons (Fsp3) is 0.600. The molecule has 0 radical (unpaired) electrons. The lowest BCUT2D eigenvalue weighted by atomic mass is 10.6. The molecule has 11 heavy (non-hydrogen) atoms. The molecule has 0 aliphatic heterocycles. The predicted molar refractivity (Wildman–Crippen MR) is 41.1 cm³/mol. The number of rotatable bonds is 5. The Morgan fingerprint density at radius 1 is 1.64 bits per heavy atom. The summed E-state index contributed by atoms with van der Waals surface area (Å²) in [5, 5.41) is 11.3. The Morgan fingerprint density at radius 2 is 2.18 bits per heavy atom. The maximum Gasteiger partial charge on any atom is 0.355 e. The first kappa shape index (κ1) is 10.8. The van der Waals surface area contributed by atoms with Gasteiger partial charge in [-0.1, -0.05) is 6.08 Å². The Kier molecular flexibility index (Phi) is 4.56. The van der Waals surface area contributed by atoms with Gasteiger partial charge in [0.15, 0.2) is 5.85 Å². The third-order valence-electron chi connectivity index (χ3n) is 1.00. The number of aliphatic hydroxyl groups is 1. The van der Waals surface area contributed by atoms with E-state index in [1.165, 1.54) is 6.08 Å². The van der Waals surface area contributed by atoms with E-state index in [0.29, 0.717) is 6.54 Å². The Morgan fingerprint density at radius 3 is 2.55 bits per heavy atom. The van der Waals surface area contributed by atoms with Crippen LogP contribution in [0.15, 0.2) is 12.7 Å². The lowest BCUT2D eigenvalue weighted by molar-refractivity contribution is 0.200. The van der Waals surface area contributed by atoms with Crippen molar-refractivity contribution >= 4 is 7.60 Å². The molecule has 0 aliphatic carbocycles. The predicted octanol–water partition coefficient (Wildman–Crippen LogP) is -0.742. The SMILES string of the molecule is C=CCNCC(O)P(=O)(O)O. The zero-order valence-corrected chi connectivity index (χ0v) is 6.87. The molecule has 0 amide bonds. The zero-order chi connectivity index (χ0) is 8.91. The van der Waals surface area contributed by atoms with E-state index >= 15 is 0 Å². The molecule has 0 bridgehead atoms. The molecule has 0 fully saturated rings. The van der Waals surface area contributed by atoms with Crippen LogP contribution in [0.2, 0.25) is 0 Å². The van der Waals surface area contributed by atoms with Crippen LogP contribution in [0.5, 0.6) is 0 Å². The fourth-order valence-corrected chi connectivity index (χ4v) is 0.800. The molecule has 0 saturated heterocycles. The first-order chi connectivity index (χ1) is 4.98. The van der Waals surface area contributed by atoms with Gasteiger partial charge in [0.25, 0.3) is 0 Å². The highest BCUT2D eigenvalue weighted by Crippen LogP contribution is 2.38. The van der Waals surface area contributed by atoms with Crippen molar-refractivity contribution in [3.63, 3.8) is 0 Å². The minimum absolute atomic E-state index is 0.129. The van der Waals surface area contributed by atoms with Crippen LogP contribution in [-0.4, -0.2) is 33.8 Å². The highest BCUT2D eigenvalue weighted by Gasteiger charge is 2.24. The summed E-state index contributed by atoms with van der Waals surface area (Å²) < 4.78 is 10.3. The van der Waals surface area contributed by atoms with Gasteiger partial charge in [0.2, 0.25) is 0 Å². The first-order valence-corrected chi connectivity index (χ1v) is 4.71. The van der Waals surface area contributed by atoms with Gasteiger partial charge in [-0.15, -0.1) is 6.58 Å². The summed E-state index contributed by atoms with van der Waals surface area (Å²) in [6, 6.07) is 0. The monoisotopic (exact) mass is 181 g/mol. The summed E-state index contributed by atoms with van der Waals surface area (Å²) in [4.78, 5) is 16.8. The second kappa shape index (κ2) is 4.64. The van der Waals surface area contributed by atoms with Crippen molar-refractivity contribution < 1.29 is 19.5 Å². The zero-order valence-electron chi connectivity index (χ0n) is 5.97. The normalized spacial score (nSPS) is 14.5. The van der Waals surface area contributed by atoms with Gasteiger partial charge in [-0.25, -0.2) is 0 Å². The maximum absolute atomic E-state index is 10.3. The van der Waals surface area contributed by atoms with E-state index in [1.54, 1.807) is 0 Å². The molecule has 0 aliphatic rings. The molecule has 0 saturated carbocycles. The van der Waals surface area contributed by atoms with Crippen molar-refractivity contribution in [1.82, 2.24) is 5.32 Å². The topological polar surface area (TPSA) is 89.8 Å². The molecule has 0 spiro atoms. The highest BCUT2D eigenvalue weighted by molar-refractivity contribution is 7.52. The van der Waals surface area contributed by atoms with Gasteiger partial charge in [0, 0.05) is 13.1 Å². The summed E-state index contributed by atoms with van der Waals surface area (Å²) in [5.41, 5.74) is 0. The summed E-state index contributed by atoms with van der Waals surface area (Å²) in [5.74, 6) is -1.62. The van der Waals surface area contributed by atoms with Gasteiger partial charge in [0.1, 0.15) is 0 Å². The molecule has 66 valence electrons. The molecule has 0 aromatic heterocycles. The van der Waals surface area contributed by atoms with Crippen molar-refractivity contribution in [2.45, 2.75) is 5.85 Å². The van der Waals surface area contributed by atoms with Crippen molar-refractivity contribution in [3.05, 3.63) is 12.7 Å². The molecule has 6 heteroatoms. The molecule has 1 unspecified atom stereocenters. The Labute approximate surface area is 64.9 Å². The van der Waals surface area contributed by atoms with Crippen LogP contribution < -0.4 is 5.32 Å². The largest absolute Gasteiger partial charge is 0.379 e. The molecule has 0 aromatic rings. The van der Waals surface area contributed by atoms with Gasteiger partial charge in [-0.05, 0) is 0 Å². The minimum Gasteiger partial charge on any atom is -0.379 e. The first-order valence-electron chi connectivity index (χ1n) is 3.03. The van der Waals surface area contributed by atoms with Crippen LogP contribution >= 0.6 is 7.60 Å². The second-order valence-corrected chi connectivity index (χ2v) is 3.79. The lowest BCUT2D eigenvalue weighted by Crippen LogP contribution is -2.26. The Balaban J connectivity index is 3.61. The van der Waals surface area contributed by atoms with Crippen LogP contribution in [0.1, 0.15) is 0 Å². The van der Waals surface area contributed by atoms with Crippen LogP contribution in [0.4, 0.5) is 0 Å². The quantitative estimate of drug-likeness (QED) is 0.255. The maximum atomic E-state index is 10.3. The average Bonchev–Trinajstić information content (AvgIpc) is 1.86. The summed E-state index contributed by atoms with van der Waals surface area (Å²) in [7, 11) is -4.34. The van der Waals surface area contributed by atoms with Gasteiger partial charge in [-0.3, -0.25) is 4.57 Å². The van der Waals surface area contributed by atoms with E-state index in [4.69, 9.17) is 14.9 Å². The highest BCUT2D eigenvalue weighted by atomic mass is 31.2. The van der Waals surface area contributed by atoms with Crippen LogP contribution in [0.3, 0.4) is 0 Å². The van der Waals surface area contributed by atoms with Gasteiger partial charge in [-0.2, -0.15) is 0 Å². The van der Waals surface area contributed by atoms with E-state index in [0.717, 1.165) is 0 Å². The summed E-state index contributed by atoms with van der Waals surface area (Å²) in [6.45, 7) is 3.67. The molecule has 4 N–H and O–H groups in total. The van der Waals surface area contributed by atoms with Gasteiger partial charge >= 0.3 is 7.60 Å². The number of hydrogen-bond donors (Lipinski definition) is 4. The summed E-state index contributed by atoms with van der Waals surface area (Å²) >= 11 is 0. The number of hydrogen-bond acceptors (Lipinski definition) is 3. The van der Waals surface area contributed by atoms with E-state index in [1.807, 2.05) is 0 Å². The molecule has 5 nitrogen and oxygen atoms in total. The van der Waals surface area contributed by atoms with Crippen molar-refractivity contribution in [2.24, 2.45) is 0 Å². The van der Waals surface area contributed by atoms with Gasteiger partial charge < -0.3 is 20.2 Å². The van der Waals surface area contributed by atoms with Crippen LogP contribution in [-0.2, 0) is 4.57 Å². The van der Waals surface area contributed by atoms with E-state index in [-0.39, 0.29) is 6.54 Å². The summed E-state index contributed by atoms with van der Waals surface area (Å²) in [6.07, 6.45) is 1.53. The number of aliphatic hydroxyl groups excluding tert-OH is 1. The fourth-order valence-electron chi connectivity index (χ4n) is 0.433. The second-order valence-electron chi connectivity index (χ2n) is 2.02. The van der Waals surface area contributed by atoms with Crippen molar-refractivity contribution in [1.29, 1.82) is 0 Å². The minimum atomic E-state index is -4.34. The molecule has 0 aromatic carbocycles. The van der Waals surface area contributed by atoms with E-state index < -0.39 is 13.4 Å². The van der Waals surface area contributed by atoms with E-state index in [9.17, 15) is 4.57 Å². The third kappa shape index (κ3) is 5.12. The standard InChI is InChI=1S/C5H12NO4P/c1-2-3-6-4-5(7)11(8,9)10/h2,5-7H,1,3-4H2,(H2,8,9,10). The van der Waals surface area contributed by atoms with Crippen LogP contribution in [0, 0.1) is 0 Å².